The van der Waals surface area contributed by atoms with Crippen molar-refractivity contribution in [3.05, 3.63) is 80.5 Å². The highest BCUT2D eigenvalue weighted by molar-refractivity contribution is 7.99. The Morgan fingerprint density at radius 2 is 1.97 bits per heavy atom. The summed E-state index contributed by atoms with van der Waals surface area (Å²) >= 11 is 2.94. The molecule has 0 fully saturated rings. The zero-order valence-electron chi connectivity index (χ0n) is 19.6. The number of thiophene rings is 1. The van der Waals surface area contributed by atoms with Crippen molar-refractivity contribution >= 4 is 44.9 Å². The minimum Gasteiger partial charge on any atom is -0.325 e. The van der Waals surface area contributed by atoms with Crippen molar-refractivity contribution in [1.29, 1.82) is 0 Å². The Bertz CT molecular complexity index is 1440. The third kappa shape index (κ3) is 4.55. The summed E-state index contributed by atoms with van der Waals surface area (Å²) in [5.41, 5.74) is 4.88. The number of hydrogen-bond acceptors (Lipinski definition) is 5. The van der Waals surface area contributed by atoms with E-state index in [9.17, 15) is 9.59 Å². The fourth-order valence-electron chi connectivity index (χ4n) is 4.44. The second-order valence-corrected chi connectivity index (χ2v) is 11.1. The first-order valence-corrected chi connectivity index (χ1v) is 13.3. The summed E-state index contributed by atoms with van der Waals surface area (Å²) in [6.07, 6.45) is 3.02. The first kappa shape index (κ1) is 22.9. The lowest BCUT2D eigenvalue weighted by Gasteiger charge is -2.18. The van der Waals surface area contributed by atoms with Crippen molar-refractivity contribution in [3.8, 4) is 5.69 Å². The monoisotopic (exact) mass is 489 g/mol. The molecule has 0 radical (unpaired) electrons. The van der Waals surface area contributed by atoms with Crippen LogP contribution in [0, 0.1) is 19.8 Å². The van der Waals surface area contributed by atoms with Crippen LogP contribution in [0.3, 0.4) is 0 Å². The number of aromatic nitrogens is 2. The third-order valence-corrected chi connectivity index (χ3v) is 8.31. The Balaban J connectivity index is 1.53. The zero-order chi connectivity index (χ0) is 23.8. The zero-order valence-corrected chi connectivity index (χ0v) is 21.2. The standard InChI is InChI=1S/C27H27N3O2S2/c1-16-7-10-20(11-8-16)30-26(32)24-21-12-9-18(3)14-22(21)34-25(24)29-27(30)33-15-23(31)28-19-6-4-5-17(2)13-19/h4-8,10-11,13,18H,9,12,14-15H2,1-3H3,(H,28,31). The number of amides is 1. The van der Waals surface area contributed by atoms with E-state index < -0.39 is 0 Å². The van der Waals surface area contributed by atoms with Gasteiger partial charge in [-0.1, -0.05) is 48.5 Å². The molecule has 0 bridgehead atoms. The third-order valence-electron chi connectivity index (χ3n) is 6.22. The highest BCUT2D eigenvalue weighted by Gasteiger charge is 2.25. The van der Waals surface area contributed by atoms with Crippen molar-refractivity contribution in [2.45, 2.75) is 45.2 Å². The molecule has 0 saturated heterocycles. The molecule has 2 aromatic carbocycles. The average molecular weight is 490 g/mol. The van der Waals surface area contributed by atoms with E-state index in [1.54, 1.807) is 15.9 Å². The molecule has 1 atom stereocenters. The number of hydrogen-bond donors (Lipinski definition) is 1. The molecule has 4 aromatic rings. The molecule has 5 nitrogen and oxygen atoms in total. The quantitative estimate of drug-likeness (QED) is 0.279. The van der Waals surface area contributed by atoms with E-state index in [1.807, 2.05) is 62.4 Å². The molecule has 7 heteroatoms. The van der Waals surface area contributed by atoms with Crippen LogP contribution in [0.1, 0.15) is 34.9 Å². The number of carbonyl (C=O) groups is 1. The van der Waals surface area contributed by atoms with Gasteiger partial charge in [-0.15, -0.1) is 11.3 Å². The summed E-state index contributed by atoms with van der Waals surface area (Å²) in [7, 11) is 0. The van der Waals surface area contributed by atoms with Crippen LogP contribution in [0.5, 0.6) is 0 Å². The number of aryl methyl sites for hydroxylation is 3. The van der Waals surface area contributed by atoms with E-state index >= 15 is 0 Å². The topological polar surface area (TPSA) is 64.0 Å². The molecule has 5 rings (SSSR count). The maximum absolute atomic E-state index is 13.8. The van der Waals surface area contributed by atoms with E-state index in [0.29, 0.717) is 11.1 Å². The van der Waals surface area contributed by atoms with Gasteiger partial charge in [0.1, 0.15) is 4.83 Å². The summed E-state index contributed by atoms with van der Waals surface area (Å²) in [4.78, 5) is 33.5. The first-order chi connectivity index (χ1) is 16.4. The Kier molecular flexibility index (Phi) is 6.32. The number of nitrogens with one attached hydrogen (secondary N) is 1. The minimum atomic E-state index is -0.125. The number of benzene rings is 2. The average Bonchev–Trinajstić information content (AvgIpc) is 3.16. The Morgan fingerprint density at radius 1 is 1.18 bits per heavy atom. The lowest BCUT2D eigenvalue weighted by Crippen LogP contribution is -2.23. The van der Waals surface area contributed by atoms with Crippen LogP contribution in [-0.4, -0.2) is 21.2 Å². The minimum absolute atomic E-state index is 0.0394. The van der Waals surface area contributed by atoms with Gasteiger partial charge in [0.2, 0.25) is 5.91 Å². The van der Waals surface area contributed by atoms with Gasteiger partial charge in [-0.05, 0) is 74.4 Å². The van der Waals surface area contributed by atoms with Gasteiger partial charge in [-0.2, -0.15) is 0 Å². The van der Waals surface area contributed by atoms with Gasteiger partial charge in [0.05, 0.1) is 16.8 Å². The molecule has 2 aromatic heterocycles. The molecule has 1 aliphatic carbocycles. The van der Waals surface area contributed by atoms with Gasteiger partial charge in [0.15, 0.2) is 5.16 Å². The summed E-state index contributed by atoms with van der Waals surface area (Å²) in [6.45, 7) is 6.28. The van der Waals surface area contributed by atoms with Crippen LogP contribution >= 0.6 is 23.1 Å². The molecule has 1 N–H and O–H groups in total. The van der Waals surface area contributed by atoms with Crippen molar-refractivity contribution in [3.63, 3.8) is 0 Å². The van der Waals surface area contributed by atoms with Crippen molar-refractivity contribution in [2.75, 3.05) is 11.1 Å². The maximum atomic E-state index is 13.8. The molecule has 174 valence electrons. The normalized spacial score (nSPS) is 15.3. The number of carbonyl (C=O) groups excluding carboxylic acids is 1. The van der Waals surface area contributed by atoms with Gasteiger partial charge in [-0.25, -0.2) is 4.98 Å². The van der Waals surface area contributed by atoms with E-state index in [0.717, 1.165) is 52.0 Å². The van der Waals surface area contributed by atoms with Crippen LogP contribution in [0.25, 0.3) is 15.9 Å². The molecule has 0 spiro atoms. The largest absolute Gasteiger partial charge is 0.325 e. The fraction of sp³-hybridized carbons (Fsp3) is 0.296. The van der Waals surface area contributed by atoms with Gasteiger partial charge in [0, 0.05) is 10.6 Å². The molecule has 0 saturated carbocycles. The smallest absolute Gasteiger partial charge is 0.267 e. The fourth-order valence-corrected chi connectivity index (χ4v) is 6.68. The number of nitrogens with zero attached hydrogens (tertiary/aromatic N) is 2. The van der Waals surface area contributed by atoms with Crippen molar-refractivity contribution < 1.29 is 4.79 Å². The molecule has 2 heterocycles. The van der Waals surface area contributed by atoms with Crippen molar-refractivity contribution in [2.24, 2.45) is 5.92 Å². The van der Waals surface area contributed by atoms with E-state index in [4.69, 9.17) is 4.98 Å². The maximum Gasteiger partial charge on any atom is 0.267 e. The lowest BCUT2D eigenvalue weighted by molar-refractivity contribution is -0.113. The predicted octanol–water partition coefficient (Wildman–Crippen LogP) is 5.92. The number of fused-ring (bicyclic) bond motifs is 3. The van der Waals surface area contributed by atoms with Gasteiger partial charge < -0.3 is 5.32 Å². The second-order valence-electron chi connectivity index (χ2n) is 9.11. The number of anilines is 1. The highest BCUT2D eigenvalue weighted by Crippen LogP contribution is 2.37. The molecule has 1 aliphatic rings. The van der Waals surface area contributed by atoms with Gasteiger partial charge in [0.25, 0.3) is 5.56 Å². The first-order valence-electron chi connectivity index (χ1n) is 11.5. The molecule has 1 unspecified atom stereocenters. The lowest BCUT2D eigenvalue weighted by atomic mass is 9.89. The second kappa shape index (κ2) is 9.39. The number of rotatable bonds is 5. The molecule has 34 heavy (non-hydrogen) atoms. The summed E-state index contributed by atoms with van der Waals surface area (Å²) in [6, 6.07) is 15.6. The summed E-state index contributed by atoms with van der Waals surface area (Å²) < 4.78 is 1.68. The molecular weight excluding hydrogens is 462 g/mol. The molecular formula is C27H27N3O2S2. The predicted molar refractivity (Wildman–Crippen MR) is 142 cm³/mol. The molecule has 0 aliphatic heterocycles. The summed E-state index contributed by atoms with van der Waals surface area (Å²) in [5.74, 6) is 0.665. The van der Waals surface area contributed by atoms with Crippen LogP contribution in [0.2, 0.25) is 0 Å². The van der Waals surface area contributed by atoms with Gasteiger partial charge in [-0.3, -0.25) is 14.2 Å². The van der Waals surface area contributed by atoms with Crippen LogP contribution < -0.4 is 10.9 Å². The Morgan fingerprint density at radius 3 is 2.74 bits per heavy atom. The van der Waals surface area contributed by atoms with Gasteiger partial charge >= 0.3 is 0 Å². The summed E-state index contributed by atoms with van der Waals surface area (Å²) in [5, 5.41) is 4.24. The van der Waals surface area contributed by atoms with E-state index in [2.05, 4.69) is 12.2 Å². The van der Waals surface area contributed by atoms with Crippen LogP contribution in [0.4, 0.5) is 5.69 Å². The van der Waals surface area contributed by atoms with Crippen LogP contribution in [0.15, 0.2) is 58.5 Å². The Hall–Kier alpha value is -2.90. The Labute approximate surface area is 207 Å². The molecule has 1 amide bonds. The number of thioether (sulfide) groups is 1. The van der Waals surface area contributed by atoms with E-state index in [1.165, 1.54) is 22.2 Å². The van der Waals surface area contributed by atoms with E-state index in [-0.39, 0.29) is 17.2 Å². The SMILES string of the molecule is Cc1ccc(-n2c(SCC(=O)Nc3cccc(C)c3)nc3sc4c(c3c2=O)CCC(C)C4)cc1. The van der Waals surface area contributed by atoms with Crippen molar-refractivity contribution in [1.82, 2.24) is 9.55 Å². The highest BCUT2D eigenvalue weighted by atomic mass is 32.2. The van der Waals surface area contributed by atoms with Crippen LogP contribution in [-0.2, 0) is 17.6 Å².